The van der Waals surface area contributed by atoms with Crippen LogP contribution in [-0.2, 0) is 4.79 Å². The lowest BCUT2D eigenvalue weighted by molar-refractivity contribution is -0.138. The van der Waals surface area contributed by atoms with Gasteiger partial charge in [-0.05, 0) is 39.3 Å². The molecular formula is C15H29N3O3. The highest BCUT2D eigenvalue weighted by molar-refractivity contribution is 5.74. The Balaban J connectivity index is 2.42. The third-order valence-corrected chi connectivity index (χ3v) is 4.69. The summed E-state index contributed by atoms with van der Waals surface area (Å²) < 4.78 is 0. The Morgan fingerprint density at radius 1 is 1.29 bits per heavy atom. The molecular weight excluding hydrogens is 270 g/mol. The number of hydrogen-bond acceptors (Lipinski definition) is 3. The molecule has 21 heavy (non-hydrogen) atoms. The summed E-state index contributed by atoms with van der Waals surface area (Å²) >= 11 is 0. The van der Waals surface area contributed by atoms with E-state index in [2.05, 4.69) is 24.3 Å². The minimum absolute atomic E-state index is 0.00800. The number of likely N-dealkylation sites (N-methyl/N-ethyl adjacent to an activating group) is 2. The van der Waals surface area contributed by atoms with E-state index in [4.69, 9.17) is 5.11 Å². The van der Waals surface area contributed by atoms with Crippen molar-refractivity contribution in [2.75, 3.05) is 34.2 Å². The number of carboxylic acid groups (broad SMARTS) is 1. The molecule has 0 aromatic rings. The van der Waals surface area contributed by atoms with Crippen LogP contribution in [0.4, 0.5) is 4.79 Å². The van der Waals surface area contributed by atoms with E-state index in [1.54, 1.807) is 11.9 Å². The van der Waals surface area contributed by atoms with Crippen LogP contribution in [0, 0.1) is 5.92 Å². The fourth-order valence-electron chi connectivity index (χ4n) is 2.82. The number of carbonyl (C=O) groups excluding carboxylic acids is 1. The van der Waals surface area contributed by atoms with Crippen LogP contribution in [0.15, 0.2) is 0 Å². The predicted molar refractivity (Wildman–Crippen MR) is 82.3 cm³/mol. The first-order valence-electron chi connectivity index (χ1n) is 7.69. The van der Waals surface area contributed by atoms with Gasteiger partial charge in [0.05, 0.1) is 0 Å². The number of carboxylic acids is 1. The number of rotatable bonds is 8. The molecule has 0 heterocycles. The monoisotopic (exact) mass is 299 g/mol. The summed E-state index contributed by atoms with van der Waals surface area (Å²) in [7, 11) is 5.92. The molecule has 122 valence electrons. The molecule has 1 fully saturated rings. The second-order valence-electron chi connectivity index (χ2n) is 6.39. The molecule has 1 saturated carbocycles. The van der Waals surface area contributed by atoms with Gasteiger partial charge in [-0.1, -0.05) is 13.3 Å². The number of hydrogen-bond donors (Lipinski definition) is 2. The van der Waals surface area contributed by atoms with Crippen molar-refractivity contribution in [3.05, 3.63) is 0 Å². The van der Waals surface area contributed by atoms with Crippen molar-refractivity contribution in [1.29, 1.82) is 0 Å². The van der Waals surface area contributed by atoms with E-state index in [1.165, 1.54) is 6.42 Å². The quantitative estimate of drug-likeness (QED) is 0.714. The number of amides is 2. The van der Waals surface area contributed by atoms with E-state index >= 15 is 0 Å². The number of urea groups is 1. The highest BCUT2D eigenvalue weighted by atomic mass is 16.4. The summed E-state index contributed by atoms with van der Waals surface area (Å²) in [5, 5.41) is 11.7. The molecule has 6 heteroatoms. The van der Waals surface area contributed by atoms with Gasteiger partial charge in [-0.3, -0.25) is 4.79 Å². The van der Waals surface area contributed by atoms with Crippen molar-refractivity contribution in [2.45, 2.75) is 44.6 Å². The van der Waals surface area contributed by atoms with Crippen LogP contribution in [0.5, 0.6) is 0 Å². The molecule has 0 aromatic heterocycles. The lowest BCUT2D eigenvalue weighted by Crippen LogP contribution is -2.58. The van der Waals surface area contributed by atoms with E-state index in [1.807, 2.05) is 6.92 Å². The molecule has 0 aliphatic heterocycles. The molecule has 1 aliphatic rings. The Hall–Kier alpha value is -1.30. The topological polar surface area (TPSA) is 72.9 Å². The molecule has 1 rings (SSSR count). The molecule has 6 nitrogen and oxygen atoms in total. The summed E-state index contributed by atoms with van der Waals surface area (Å²) in [5.74, 6) is -0.822. The molecule has 2 amide bonds. The van der Waals surface area contributed by atoms with Gasteiger partial charge in [0.1, 0.15) is 0 Å². The van der Waals surface area contributed by atoms with Crippen LogP contribution in [0.3, 0.4) is 0 Å². The minimum atomic E-state index is -0.814. The normalized spacial score (nSPS) is 18.0. The molecule has 1 unspecified atom stereocenters. The third-order valence-electron chi connectivity index (χ3n) is 4.69. The van der Waals surface area contributed by atoms with Crippen molar-refractivity contribution >= 4 is 12.0 Å². The van der Waals surface area contributed by atoms with Gasteiger partial charge in [-0.15, -0.1) is 0 Å². The second-order valence-corrected chi connectivity index (χ2v) is 6.39. The molecule has 0 radical (unpaired) electrons. The first kappa shape index (κ1) is 17.8. The maximum Gasteiger partial charge on any atom is 0.317 e. The highest BCUT2D eigenvalue weighted by Crippen LogP contribution is 2.36. The average Bonchev–Trinajstić information content (AvgIpc) is 2.36. The maximum absolute atomic E-state index is 12.1. The van der Waals surface area contributed by atoms with Gasteiger partial charge in [0.25, 0.3) is 0 Å². The number of carbonyl (C=O) groups is 2. The van der Waals surface area contributed by atoms with Gasteiger partial charge in [-0.2, -0.15) is 0 Å². The second kappa shape index (κ2) is 7.64. The van der Waals surface area contributed by atoms with Crippen LogP contribution < -0.4 is 5.32 Å². The molecule has 0 spiro atoms. The Labute approximate surface area is 127 Å². The fraction of sp³-hybridized carbons (Fsp3) is 0.867. The number of nitrogens with one attached hydrogen (secondary N) is 1. The van der Waals surface area contributed by atoms with Gasteiger partial charge >= 0.3 is 12.0 Å². The van der Waals surface area contributed by atoms with Crippen molar-refractivity contribution < 1.29 is 14.7 Å². The number of aliphatic carboxylic acids is 1. The number of nitrogens with zero attached hydrogens (tertiary/aromatic N) is 2. The molecule has 0 saturated heterocycles. The van der Waals surface area contributed by atoms with E-state index in [0.29, 0.717) is 13.1 Å². The van der Waals surface area contributed by atoms with Gasteiger partial charge in [-0.25, -0.2) is 4.79 Å². The summed E-state index contributed by atoms with van der Waals surface area (Å²) in [6.07, 6.45) is 4.30. The average molecular weight is 299 g/mol. The molecule has 0 bridgehead atoms. The van der Waals surface area contributed by atoms with Crippen molar-refractivity contribution in [1.82, 2.24) is 15.1 Å². The zero-order valence-electron chi connectivity index (χ0n) is 13.7. The first-order valence-corrected chi connectivity index (χ1v) is 7.69. The zero-order valence-corrected chi connectivity index (χ0v) is 13.7. The summed E-state index contributed by atoms with van der Waals surface area (Å²) in [5.41, 5.74) is 0.108. The minimum Gasteiger partial charge on any atom is -0.481 e. The maximum atomic E-state index is 12.1. The largest absolute Gasteiger partial charge is 0.481 e. The van der Waals surface area contributed by atoms with E-state index in [0.717, 1.165) is 19.3 Å². The van der Waals surface area contributed by atoms with E-state index < -0.39 is 5.97 Å². The molecule has 0 aromatic carbocycles. The Kier molecular flexibility index (Phi) is 6.45. The van der Waals surface area contributed by atoms with Crippen molar-refractivity contribution in [3.8, 4) is 0 Å². The van der Waals surface area contributed by atoms with Crippen molar-refractivity contribution in [3.63, 3.8) is 0 Å². The van der Waals surface area contributed by atoms with Gasteiger partial charge in [0.15, 0.2) is 0 Å². The molecule has 1 atom stereocenters. The van der Waals surface area contributed by atoms with Crippen LogP contribution >= 0.6 is 0 Å². The smallest absolute Gasteiger partial charge is 0.317 e. The van der Waals surface area contributed by atoms with Gasteiger partial charge in [0, 0.05) is 32.1 Å². The summed E-state index contributed by atoms with van der Waals surface area (Å²) in [6, 6.07) is -0.119. The van der Waals surface area contributed by atoms with Crippen LogP contribution in [0.25, 0.3) is 0 Å². The SMILES string of the molecule is CCC(CNC(=O)N(C)CC1(N(C)C)CCC1)CC(=O)O. The molecule has 1 aliphatic carbocycles. The van der Waals surface area contributed by atoms with Crippen LogP contribution in [0.2, 0.25) is 0 Å². The summed E-state index contributed by atoms with van der Waals surface area (Å²) in [6.45, 7) is 3.07. The standard InChI is InChI=1S/C15H29N3O3/c1-5-12(9-13(19)20)10-16-14(21)18(4)11-15(17(2)3)7-6-8-15/h12H,5-11H2,1-4H3,(H,16,21)(H,19,20). The van der Waals surface area contributed by atoms with Crippen molar-refractivity contribution in [2.24, 2.45) is 5.92 Å². The van der Waals surface area contributed by atoms with Gasteiger partial charge < -0.3 is 20.2 Å². The molecule has 2 N–H and O–H groups in total. The Morgan fingerprint density at radius 2 is 1.90 bits per heavy atom. The lowest BCUT2D eigenvalue weighted by atomic mass is 9.75. The van der Waals surface area contributed by atoms with Crippen LogP contribution in [-0.4, -0.2) is 66.7 Å². The third kappa shape index (κ3) is 4.88. The predicted octanol–water partition coefficient (Wildman–Crippen LogP) is 1.61. The van der Waals surface area contributed by atoms with Gasteiger partial charge in [0.2, 0.25) is 0 Å². The van der Waals surface area contributed by atoms with E-state index in [9.17, 15) is 9.59 Å². The highest BCUT2D eigenvalue weighted by Gasteiger charge is 2.40. The Bertz CT molecular complexity index is 367. The first-order chi connectivity index (χ1) is 9.80. The lowest BCUT2D eigenvalue weighted by Gasteiger charge is -2.49. The summed E-state index contributed by atoms with van der Waals surface area (Å²) in [4.78, 5) is 26.8. The van der Waals surface area contributed by atoms with E-state index in [-0.39, 0.29) is 23.9 Å². The van der Waals surface area contributed by atoms with Crippen LogP contribution in [0.1, 0.15) is 39.0 Å². The zero-order chi connectivity index (χ0) is 16.0. The fourth-order valence-corrected chi connectivity index (χ4v) is 2.82. The Morgan fingerprint density at radius 3 is 2.29 bits per heavy atom.